The molecule has 0 radical (unpaired) electrons. The van der Waals surface area contributed by atoms with Crippen molar-refractivity contribution in [1.29, 1.82) is 0 Å². The highest BCUT2D eigenvalue weighted by Gasteiger charge is 2.27. The largest absolute Gasteiger partial charge is 0.480 e. The van der Waals surface area contributed by atoms with Gasteiger partial charge in [-0.3, -0.25) is 19.7 Å². The Balaban J connectivity index is 0.00000392. The van der Waals surface area contributed by atoms with Crippen LogP contribution in [0.15, 0.2) is 60.7 Å². The lowest BCUT2D eigenvalue weighted by molar-refractivity contribution is -0.141. The van der Waals surface area contributed by atoms with Crippen molar-refractivity contribution in [1.82, 2.24) is 10.6 Å². The first-order valence-electron chi connectivity index (χ1n) is 8.52. The average molecular weight is 407 g/mol. The first kappa shape index (κ1) is 23.1. The normalized spacial score (nSPS) is 12.3. The van der Waals surface area contributed by atoms with E-state index in [0.717, 1.165) is 11.1 Å². The Hall–Kier alpha value is -2.90. The second-order valence-corrected chi connectivity index (χ2v) is 6.10. The molecule has 0 aromatic heterocycles. The van der Waals surface area contributed by atoms with Crippen molar-refractivity contribution < 1.29 is 24.6 Å². The topological polar surface area (TPSA) is 116 Å². The van der Waals surface area contributed by atoms with E-state index < -0.39 is 36.5 Å². The molecule has 0 aliphatic rings. The van der Waals surface area contributed by atoms with Crippen molar-refractivity contribution in [2.75, 3.05) is 6.54 Å². The van der Waals surface area contributed by atoms with Gasteiger partial charge in [0.1, 0.15) is 12.6 Å². The van der Waals surface area contributed by atoms with Crippen LogP contribution in [0.4, 0.5) is 0 Å². The van der Waals surface area contributed by atoms with Crippen LogP contribution in [0.1, 0.15) is 11.1 Å². The van der Waals surface area contributed by atoms with Crippen molar-refractivity contribution in [2.24, 2.45) is 0 Å². The Kier molecular flexibility index (Phi) is 9.70. The van der Waals surface area contributed by atoms with Crippen molar-refractivity contribution in [3.8, 4) is 0 Å². The third-order valence-corrected chi connectivity index (χ3v) is 4.00. The summed E-state index contributed by atoms with van der Waals surface area (Å²) in [5.41, 5.74) is 1.66. The fraction of sp³-hybridized carbons (Fsp3) is 0.250. The van der Waals surface area contributed by atoms with E-state index >= 15 is 0 Å². The molecule has 2 atom stereocenters. The van der Waals surface area contributed by atoms with Crippen LogP contribution in [0.3, 0.4) is 0 Å². The van der Waals surface area contributed by atoms with Gasteiger partial charge in [-0.15, -0.1) is 12.4 Å². The summed E-state index contributed by atoms with van der Waals surface area (Å²) in [5.74, 6) is -2.80. The highest BCUT2D eigenvalue weighted by atomic mass is 35.5. The SMILES string of the molecule is Cl.O=C(O)CNC(=O)[C@H](Cc1ccccc1)N[C@@H](Cc1ccccc1)C(=O)O. The predicted molar refractivity (Wildman–Crippen MR) is 107 cm³/mol. The summed E-state index contributed by atoms with van der Waals surface area (Å²) in [7, 11) is 0. The Morgan fingerprint density at radius 1 is 0.786 bits per heavy atom. The molecule has 8 heteroatoms. The van der Waals surface area contributed by atoms with Gasteiger partial charge in [0.05, 0.1) is 6.04 Å². The summed E-state index contributed by atoms with van der Waals surface area (Å²) in [6.45, 7) is -0.526. The monoisotopic (exact) mass is 406 g/mol. The van der Waals surface area contributed by atoms with Crippen LogP contribution in [0.2, 0.25) is 0 Å². The van der Waals surface area contributed by atoms with Gasteiger partial charge in [0.15, 0.2) is 0 Å². The minimum atomic E-state index is -1.17. The highest BCUT2D eigenvalue weighted by molar-refractivity contribution is 5.86. The molecule has 2 rings (SSSR count). The number of hydrogen-bond donors (Lipinski definition) is 4. The Morgan fingerprint density at radius 3 is 1.68 bits per heavy atom. The Labute approximate surface area is 169 Å². The van der Waals surface area contributed by atoms with Gasteiger partial charge in [0, 0.05) is 0 Å². The first-order valence-corrected chi connectivity index (χ1v) is 8.52. The first-order chi connectivity index (χ1) is 13.0. The lowest BCUT2D eigenvalue weighted by Gasteiger charge is -2.23. The number of hydrogen-bond acceptors (Lipinski definition) is 4. The zero-order valence-electron chi connectivity index (χ0n) is 15.1. The zero-order valence-corrected chi connectivity index (χ0v) is 15.9. The fourth-order valence-electron chi connectivity index (χ4n) is 2.67. The fourth-order valence-corrected chi connectivity index (χ4v) is 2.67. The number of amides is 1. The smallest absolute Gasteiger partial charge is 0.322 e. The lowest BCUT2D eigenvalue weighted by Crippen LogP contribution is -2.53. The van der Waals surface area contributed by atoms with Crippen LogP contribution in [-0.4, -0.2) is 46.7 Å². The summed E-state index contributed by atoms with van der Waals surface area (Å²) >= 11 is 0. The molecule has 28 heavy (non-hydrogen) atoms. The molecule has 0 aliphatic carbocycles. The molecule has 7 nitrogen and oxygen atoms in total. The van der Waals surface area contributed by atoms with E-state index in [1.54, 1.807) is 0 Å². The molecule has 0 unspecified atom stereocenters. The van der Waals surface area contributed by atoms with Crippen LogP contribution in [0, 0.1) is 0 Å². The van der Waals surface area contributed by atoms with Gasteiger partial charge in [-0.05, 0) is 24.0 Å². The minimum absolute atomic E-state index is 0. The van der Waals surface area contributed by atoms with Crippen molar-refractivity contribution in [3.63, 3.8) is 0 Å². The van der Waals surface area contributed by atoms with Gasteiger partial charge >= 0.3 is 11.9 Å². The number of aliphatic carboxylic acids is 2. The standard InChI is InChI=1S/C20H22N2O5.ClH/c23-18(24)13-21-19(25)16(11-14-7-3-1-4-8-14)22-17(20(26)27)12-15-9-5-2-6-10-15;/h1-10,16-17,22H,11-13H2,(H,21,25)(H,23,24)(H,26,27);1H/t16-,17-;/m0./s1. The van der Waals surface area contributed by atoms with Crippen molar-refractivity contribution >= 4 is 30.3 Å². The van der Waals surface area contributed by atoms with Crippen LogP contribution in [0.5, 0.6) is 0 Å². The van der Waals surface area contributed by atoms with E-state index in [1.807, 2.05) is 60.7 Å². The molecule has 0 spiro atoms. The number of carboxylic acids is 2. The summed E-state index contributed by atoms with van der Waals surface area (Å²) in [4.78, 5) is 34.9. The van der Waals surface area contributed by atoms with Gasteiger partial charge < -0.3 is 15.5 Å². The Morgan fingerprint density at radius 2 is 1.25 bits per heavy atom. The maximum Gasteiger partial charge on any atom is 0.322 e. The number of rotatable bonds is 10. The molecule has 1 amide bonds. The predicted octanol–water partition coefficient (Wildman–Crippen LogP) is 1.51. The average Bonchev–Trinajstić information content (AvgIpc) is 2.66. The number of carbonyl (C=O) groups excluding carboxylic acids is 1. The molecular formula is C20H23ClN2O5. The zero-order chi connectivity index (χ0) is 19.6. The minimum Gasteiger partial charge on any atom is -0.480 e. The van der Waals surface area contributed by atoms with Crippen LogP contribution in [-0.2, 0) is 27.2 Å². The molecule has 0 saturated heterocycles. The quantitative estimate of drug-likeness (QED) is 0.475. The highest BCUT2D eigenvalue weighted by Crippen LogP contribution is 2.08. The Bertz CT molecular complexity index is 771. The molecule has 4 N–H and O–H groups in total. The maximum absolute atomic E-state index is 12.4. The summed E-state index contributed by atoms with van der Waals surface area (Å²) in [6.07, 6.45) is 0.443. The number of carbonyl (C=O) groups is 3. The van der Waals surface area contributed by atoms with Gasteiger partial charge in [0.25, 0.3) is 0 Å². The van der Waals surface area contributed by atoms with Crippen LogP contribution < -0.4 is 10.6 Å². The molecular weight excluding hydrogens is 384 g/mol. The number of halogens is 1. The number of benzene rings is 2. The number of carboxylic acid groups (broad SMARTS) is 2. The van der Waals surface area contributed by atoms with E-state index in [9.17, 15) is 19.5 Å². The van der Waals surface area contributed by atoms with Gasteiger partial charge in [-0.25, -0.2) is 0 Å². The van der Waals surface area contributed by atoms with Crippen LogP contribution >= 0.6 is 12.4 Å². The summed E-state index contributed by atoms with van der Waals surface area (Å²) in [6, 6.07) is 16.4. The van der Waals surface area contributed by atoms with Gasteiger partial charge in [-0.1, -0.05) is 60.7 Å². The van der Waals surface area contributed by atoms with E-state index in [2.05, 4.69) is 10.6 Å². The molecule has 0 heterocycles. The van der Waals surface area contributed by atoms with E-state index in [-0.39, 0.29) is 25.2 Å². The maximum atomic E-state index is 12.4. The lowest BCUT2D eigenvalue weighted by atomic mass is 10.0. The summed E-state index contributed by atoms with van der Waals surface area (Å²) in [5, 5.41) is 23.5. The molecule has 2 aromatic rings. The van der Waals surface area contributed by atoms with Gasteiger partial charge in [-0.2, -0.15) is 0 Å². The van der Waals surface area contributed by atoms with E-state index in [4.69, 9.17) is 5.11 Å². The molecule has 0 bridgehead atoms. The number of nitrogens with one attached hydrogen (secondary N) is 2. The molecule has 0 fully saturated rings. The van der Waals surface area contributed by atoms with E-state index in [0.29, 0.717) is 0 Å². The van der Waals surface area contributed by atoms with Crippen LogP contribution in [0.25, 0.3) is 0 Å². The molecule has 2 aromatic carbocycles. The van der Waals surface area contributed by atoms with Gasteiger partial charge in [0.2, 0.25) is 5.91 Å². The molecule has 0 saturated carbocycles. The summed E-state index contributed by atoms with van der Waals surface area (Å²) < 4.78 is 0. The third-order valence-electron chi connectivity index (χ3n) is 4.00. The molecule has 0 aliphatic heterocycles. The van der Waals surface area contributed by atoms with Crippen molar-refractivity contribution in [2.45, 2.75) is 24.9 Å². The second kappa shape index (κ2) is 11.7. The third kappa shape index (κ3) is 7.77. The molecule has 150 valence electrons. The van der Waals surface area contributed by atoms with E-state index in [1.165, 1.54) is 0 Å². The van der Waals surface area contributed by atoms with Crippen molar-refractivity contribution in [3.05, 3.63) is 71.8 Å². The second-order valence-electron chi connectivity index (χ2n) is 6.10.